The number of phosphoric acid groups is 1. The quantitative estimate of drug-likeness (QED) is 0.0292. The molecule has 0 aromatic heterocycles. The van der Waals surface area contributed by atoms with E-state index in [0.717, 1.165) is 32.1 Å². The van der Waals surface area contributed by atoms with Crippen LogP contribution in [0.2, 0.25) is 0 Å². The lowest BCUT2D eigenvalue weighted by Crippen LogP contribution is -2.43. The minimum atomic E-state index is -4.72. The van der Waals surface area contributed by atoms with Crippen molar-refractivity contribution in [2.24, 2.45) is 0 Å². The van der Waals surface area contributed by atoms with Gasteiger partial charge in [0.25, 0.3) is 0 Å². The SMILES string of the molecule is CCCCCCCC/C=C\CCCCCCCCCC(=O)OCC(O)COP(=O)(O)OCC(NC(=O)CCCC)C(=O)O. The minimum absolute atomic E-state index is 0.121. The third-order valence-corrected chi connectivity index (χ3v) is 7.76. The van der Waals surface area contributed by atoms with E-state index in [1.165, 1.54) is 64.2 Å². The molecule has 12 heteroatoms. The van der Waals surface area contributed by atoms with Gasteiger partial charge in [-0.15, -0.1) is 0 Å². The Morgan fingerprint density at radius 3 is 1.79 bits per heavy atom. The van der Waals surface area contributed by atoms with Gasteiger partial charge in [-0.05, 0) is 38.5 Å². The van der Waals surface area contributed by atoms with Crippen LogP contribution in [0.1, 0.15) is 136 Å². The van der Waals surface area contributed by atoms with Gasteiger partial charge in [0.2, 0.25) is 5.91 Å². The Hall–Kier alpha value is -1.78. The van der Waals surface area contributed by atoms with Crippen molar-refractivity contribution in [1.29, 1.82) is 0 Å². The molecule has 43 heavy (non-hydrogen) atoms. The molecule has 0 spiro atoms. The molecule has 0 aromatic carbocycles. The van der Waals surface area contributed by atoms with E-state index in [9.17, 15) is 34.1 Å². The highest BCUT2D eigenvalue weighted by Gasteiger charge is 2.28. The van der Waals surface area contributed by atoms with E-state index in [4.69, 9.17) is 4.74 Å². The van der Waals surface area contributed by atoms with Gasteiger partial charge < -0.3 is 25.2 Å². The fourth-order valence-corrected chi connectivity index (χ4v) is 4.94. The maximum Gasteiger partial charge on any atom is 0.472 e. The molecule has 0 fully saturated rings. The van der Waals surface area contributed by atoms with Crippen LogP contribution in [0.3, 0.4) is 0 Å². The van der Waals surface area contributed by atoms with Crippen LogP contribution >= 0.6 is 7.82 Å². The minimum Gasteiger partial charge on any atom is -0.480 e. The second-order valence-electron chi connectivity index (χ2n) is 11.0. The van der Waals surface area contributed by atoms with E-state index in [-0.39, 0.29) is 12.8 Å². The van der Waals surface area contributed by atoms with Gasteiger partial charge in [0.1, 0.15) is 12.7 Å². The summed E-state index contributed by atoms with van der Waals surface area (Å²) in [5.41, 5.74) is 0. The normalized spacial score (nSPS) is 14.3. The summed E-state index contributed by atoms with van der Waals surface area (Å²) in [5.74, 6) is -2.43. The number of rotatable bonds is 30. The summed E-state index contributed by atoms with van der Waals surface area (Å²) in [4.78, 5) is 44.7. The van der Waals surface area contributed by atoms with E-state index in [1.807, 2.05) is 6.92 Å². The van der Waals surface area contributed by atoms with Gasteiger partial charge in [-0.3, -0.25) is 18.6 Å². The van der Waals surface area contributed by atoms with Crippen LogP contribution in [-0.4, -0.2) is 64.9 Å². The largest absolute Gasteiger partial charge is 0.480 e. The Morgan fingerprint density at radius 1 is 0.721 bits per heavy atom. The fourth-order valence-electron chi connectivity index (χ4n) is 4.17. The summed E-state index contributed by atoms with van der Waals surface area (Å²) < 4.78 is 26.3. The summed E-state index contributed by atoms with van der Waals surface area (Å²) in [6.45, 7) is 2.23. The molecule has 0 aliphatic heterocycles. The standard InChI is InChI=1S/C31H58NO10P/c1-3-5-7-8-9-10-11-12-13-14-15-16-17-18-19-20-21-23-30(35)40-24-27(33)25-41-43(38,39)42-26-28(31(36)37)32-29(34)22-6-4-2/h12-13,27-28,33H,3-11,14-26H2,1-2H3,(H,32,34)(H,36,37)(H,38,39)/b13-12-. The van der Waals surface area contributed by atoms with Crippen LogP contribution in [0.4, 0.5) is 0 Å². The van der Waals surface area contributed by atoms with Crippen LogP contribution in [0, 0.1) is 0 Å². The van der Waals surface area contributed by atoms with Gasteiger partial charge in [-0.2, -0.15) is 0 Å². The van der Waals surface area contributed by atoms with Crippen LogP contribution in [0.25, 0.3) is 0 Å². The molecule has 0 radical (unpaired) electrons. The number of hydrogen-bond donors (Lipinski definition) is 4. The lowest BCUT2D eigenvalue weighted by Gasteiger charge is -2.18. The lowest BCUT2D eigenvalue weighted by atomic mass is 10.1. The number of aliphatic hydroxyl groups excluding tert-OH is 1. The highest BCUT2D eigenvalue weighted by molar-refractivity contribution is 7.47. The van der Waals surface area contributed by atoms with Crippen molar-refractivity contribution in [1.82, 2.24) is 5.32 Å². The number of esters is 1. The molecule has 3 atom stereocenters. The number of nitrogens with one attached hydrogen (secondary N) is 1. The summed E-state index contributed by atoms with van der Waals surface area (Å²) in [6.07, 6.45) is 22.7. The lowest BCUT2D eigenvalue weighted by molar-refractivity contribution is -0.147. The molecule has 0 bridgehead atoms. The molecule has 1 amide bonds. The molecule has 0 heterocycles. The Morgan fingerprint density at radius 2 is 1.23 bits per heavy atom. The predicted octanol–water partition coefficient (Wildman–Crippen LogP) is 6.60. The van der Waals surface area contributed by atoms with Crippen molar-refractivity contribution in [3.05, 3.63) is 12.2 Å². The number of aliphatic carboxylic acids is 1. The van der Waals surface area contributed by atoms with Crippen LogP contribution < -0.4 is 5.32 Å². The maximum absolute atomic E-state index is 12.0. The summed E-state index contributed by atoms with van der Waals surface area (Å²) >= 11 is 0. The number of carboxylic acids is 1. The third kappa shape index (κ3) is 27.5. The van der Waals surface area contributed by atoms with Gasteiger partial charge in [0, 0.05) is 12.8 Å². The van der Waals surface area contributed by atoms with Crippen LogP contribution in [0.15, 0.2) is 12.2 Å². The molecule has 0 aliphatic rings. The first kappa shape index (κ1) is 41.2. The molecule has 0 aliphatic carbocycles. The number of phosphoric ester groups is 1. The zero-order chi connectivity index (χ0) is 32.2. The van der Waals surface area contributed by atoms with Crippen molar-refractivity contribution in [3.8, 4) is 0 Å². The Bertz CT molecular complexity index is 807. The van der Waals surface area contributed by atoms with Gasteiger partial charge in [-0.25, -0.2) is 9.36 Å². The monoisotopic (exact) mass is 635 g/mol. The van der Waals surface area contributed by atoms with Crippen LogP contribution in [0.5, 0.6) is 0 Å². The molecule has 0 aromatic rings. The molecule has 11 nitrogen and oxygen atoms in total. The number of unbranched alkanes of at least 4 members (excludes halogenated alkanes) is 14. The molecule has 0 saturated carbocycles. The molecule has 0 saturated heterocycles. The first-order valence-electron chi connectivity index (χ1n) is 16.2. The van der Waals surface area contributed by atoms with E-state index in [1.54, 1.807) is 0 Å². The average Bonchev–Trinajstić information content (AvgIpc) is 2.97. The van der Waals surface area contributed by atoms with E-state index in [0.29, 0.717) is 12.8 Å². The Labute approximate surface area is 258 Å². The first-order valence-corrected chi connectivity index (χ1v) is 17.7. The van der Waals surface area contributed by atoms with Gasteiger partial charge in [0.05, 0.1) is 13.2 Å². The first-order chi connectivity index (χ1) is 20.6. The molecular weight excluding hydrogens is 577 g/mol. The van der Waals surface area contributed by atoms with Gasteiger partial charge >= 0.3 is 19.8 Å². The predicted molar refractivity (Wildman–Crippen MR) is 166 cm³/mol. The van der Waals surface area contributed by atoms with Crippen molar-refractivity contribution < 1.29 is 47.8 Å². The average molecular weight is 636 g/mol. The third-order valence-electron chi connectivity index (χ3n) is 6.80. The van der Waals surface area contributed by atoms with Crippen molar-refractivity contribution in [3.63, 3.8) is 0 Å². The zero-order valence-corrected chi connectivity index (χ0v) is 27.4. The highest BCUT2D eigenvalue weighted by atomic mass is 31.2. The van der Waals surface area contributed by atoms with E-state index in [2.05, 4.69) is 33.4 Å². The second-order valence-corrected chi connectivity index (χ2v) is 12.5. The summed E-state index contributed by atoms with van der Waals surface area (Å²) in [6, 6.07) is -1.54. The molecule has 4 N–H and O–H groups in total. The second kappa shape index (κ2) is 27.7. The van der Waals surface area contributed by atoms with Crippen molar-refractivity contribution in [2.45, 2.75) is 148 Å². The maximum atomic E-state index is 12.0. The van der Waals surface area contributed by atoms with E-state index < -0.39 is 57.6 Å². The molecule has 3 unspecified atom stereocenters. The molecule has 252 valence electrons. The Balaban J connectivity index is 3.81. The number of ether oxygens (including phenoxy) is 1. The number of allylic oxidation sites excluding steroid dienone is 2. The zero-order valence-electron chi connectivity index (χ0n) is 26.5. The summed E-state index contributed by atoms with van der Waals surface area (Å²) in [5, 5.41) is 21.3. The number of amides is 1. The number of carboxylic acid groups (broad SMARTS) is 1. The smallest absolute Gasteiger partial charge is 0.472 e. The van der Waals surface area contributed by atoms with Gasteiger partial charge in [0.15, 0.2) is 6.04 Å². The van der Waals surface area contributed by atoms with E-state index >= 15 is 0 Å². The van der Waals surface area contributed by atoms with Crippen LogP contribution in [-0.2, 0) is 32.7 Å². The number of hydrogen-bond acceptors (Lipinski definition) is 8. The number of carbonyl (C=O) groups excluding carboxylic acids is 2. The summed E-state index contributed by atoms with van der Waals surface area (Å²) in [7, 11) is -4.72. The highest BCUT2D eigenvalue weighted by Crippen LogP contribution is 2.43. The fraction of sp³-hybridized carbons (Fsp3) is 0.839. The molecule has 0 rings (SSSR count). The molecular formula is C31H58NO10P. The van der Waals surface area contributed by atoms with Gasteiger partial charge in [-0.1, -0.05) is 96.6 Å². The number of carbonyl (C=O) groups is 3. The Kier molecular flexibility index (Phi) is 26.6. The van der Waals surface area contributed by atoms with Crippen molar-refractivity contribution in [2.75, 3.05) is 19.8 Å². The van der Waals surface area contributed by atoms with Crippen molar-refractivity contribution >= 4 is 25.7 Å². The number of aliphatic hydroxyl groups is 1. The topological polar surface area (TPSA) is 169 Å².